The van der Waals surface area contributed by atoms with Gasteiger partial charge in [-0.15, -0.1) is 0 Å². The van der Waals surface area contributed by atoms with Gasteiger partial charge in [0, 0.05) is 21.9 Å². The fraction of sp³-hybridized carbons (Fsp3) is 0. The second-order valence-corrected chi connectivity index (χ2v) is 4.73. The highest BCUT2D eigenvalue weighted by Crippen LogP contribution is 2.34. The number of aldehydes is 2. The van der Waals surface area contributed by atoms with E-state index in [4.69, 9.17) is 11.6 Å². The number of carbonyl (C=O) groups excluding carboxylic acids is 2. The van der Waals surface area contributed by atoms with Crippen LogP contribution in [-0.4, -0.2) is 12.6 Å². The molecule has 0 saturated heterocycles. The predicted molar refractivity (Wildman–Crippen MR) is 77.2 cm³/mol. The molecule has 0 unspecified atom stereocenters. The highest BCUT2D eigenvalue weighted by Gasteiger charge is 2.09. The molecule has 0 heterocycles. The molecule has 0 saturated carbocycles. The van der Waals surface area contributed by atoms with Gasteiger partial charge >= 0.3 is 0 Å². The summed E-state index contributed by atoms with van der Waals surface area (Å²) in [5, 5.41) is 3.95. The van der Waals surface area contributed by atoms with Gasteiger partial charge in [-0.05, 0) is 22.9 Å². The molecule has 0 fully saturated rings. The first-order valence-corrected chi connectivity index (χ1v) is 6.18. The van der Waals surface area contributed by atoms with Gasteiger partial charge in [-0.3, -0.25) is 9.59 Å². The number of benzene rings is 3. The van der Waals surface area contributed by atoms with Crippen LogP contribution in [0.25, 0.3) is 21.5 Å². The van der Waals surface area contributed by atoms with E-state index in [0.29, 0.717) is 16.1 Å². The maximum absolute atomic E-state index is 11.1. The Bertz CT molecular complexity index is 818. The van der Waals surface area contributed by atoms with Gasteiger partial charge in [0.25, 0.3) is 0 Å². The molecular formula is C16H9ClO2. The number of rotatable bonds is 2. The van der Waals surface area contributed by atoms with E-state index >= 15 is 0 Å². The van der Waals surface area contributed by atoms with E-state index in [-0.39, 0.29) is 0 Å². The van der Waals surface area contributed by atoms with Crippen molar-refractivity contribution in [3.05, 3.63) is 58.6 Å². The molecule has 0 atom stereocenters. The van der Waals surface area contributed by atoms with Crippen LogP contribution in [-0.2, 0) is 0 Å². The zero-order valence-electron chi connectivity index (χ0n) is 9.89. The third-order valence-corrected chi connectivity index (χ3v) is 3.66. The van der Waals surface area contributed by atoms with E-state index in [2.05, 4.69) is 0 Å². The summed E-state index contributed by atoms with van der Waals surface area (Å²) in [4.78, 5) is 21.9. The smallest absolute Gasteiger partial charge is 0.150 e. The van der Waals surface area contributed by atoms with Crippen molar-refractivity contribution in [3.63, 3.8) is 0 Å². The molecule has 0 spiro atoms. The third kappa shape index (κ3) is 1.81. The molecule has 92 valence electrons. The predicted octanol–water partition coefficient (Wildman–Crippen LogP) is 4.27. The molecule has 3 rings (SSSR count). The first-order chi connectivity index (χ1) is 9.24. The normalized spacial score (nSPS) is 10.8. The summed E-state index contributed by atoms with van der Waals surface area (Å²) in [5.74, 6) is 0. The molecule has 0 aliphatic heterocycles. The number of carbonyl (C=O) groups is 2. The second-order valence-electron chi connectivity index (χ2n) is 4.35. The Labute approximate surface area is 114 Å². The zero-order chi connectivity index (χ0) is 13.4. The average Bonchev–Trinajstić information content (AvgIpc) is 2.46. The first kappa shape index (κ1) is 11.9. The van der Waals surface area contributed by atoms with Crippen molar-refractivity contribution in [3.8, 4) is 0 Å². The molecule has 0 bridgehead atoms. The van der Waals surface area contributed by atoms with Crippen LogP contribution in [0.15, 0.2) is 42.5 Å². The lowest BCUT2D eigenvalue weighted by Gasteiger charge is -2.08. The van der Waals surface area contributed by atoms with Gasteiger partial charge in [-0.2, -0.15) is 0 Å². The van der Waals surface area contributed by atoms with E-state index in [9.17, 15) is 9.59 Å². The van der Waals surface area contributed by atoms with Crippen molar-refractivity contribution in [2.24, 2.45) is 0 Å². The summed E-state index contributed by atoms with van der Waals surface area (Å²) in [6.45, 7) is 0. The first-order valence-electron chi connectivity index (χ1n) is 5.80. The Morgan fingerprint density at radius 1 is 0.842 bits per heavy atom. The van der Waals surface area contributed by atoms with E-state index in [0.717, 1.165) is 34.1 Å². The van der Waals surface area contributed by atoms with E-state index < -0.39 is 0 Å². The van der Waals surface area contributed by atoms with Crippen molar-refractivity contribution in [1.82, 2.24) is 0 Å². The van der Waals surface area contributed by atoms with E-state index in [1.54, 1.807) is 24.3 Å². The molecule has 0 amide bonds. The summed E-state index contributed by atoms with van der Waals surface area (Å²) >= 11 is 6.40. The topological polar surface area (TPSA) is 34.1 Å². The van der Waals surface area contributed by atoms with Crippen LogP contribution in [0.1, 0.15) is 20.7 Å². The van der Waals surface area contributed by atoms with Crippen LogP contribution >= 0.6 is 11.6 Å². The Balaban J connectivity index is 2.51. The van der Waals surface area contributed by atoms with Gasteiger partial charge in [0.2, 0.25) is 0 Å². The number of hydrogen-bond acceptors (Lipinski definition) is 2. The minimum atomic E-state index is 0.569. The molecule has 3 heteroatoms. The molecule has 19 heavy (non-hydrogen) atoms. The molecule has 0 radical (unpaired) electrons. The van der Waals surface area contributed by atoms with Crippen LogP contribution < -0.4 is 0 Å². The molecular weight excluding hydrogens is 260 g/mol. The summed E-state index contributed by atoms with van der Waals surface area (Å²) in [5.41, 5.74) is 1.20. The minimum Gasteiger partial charge on any atom is -0.298 e. The number of halogens is 1. The Kier molecular flexibility index (Phi) is 2.80. The molecule has 0 aromatic heterocycles. The Morgan fingerprint density at radius 3 is 2.42 bits per heavy atom. The summed E-state index contributed by atoms with van der Waals surface area (Å²) in [6.07, 6.45) is 1.62. The van der Waals surface area contributed by atoms with Gasteiger partial charge in [0.1, 0.15) is 6.29 Å². The van der Waals surface area contributed by atoms with Gasteiger partial charge in [0.05, 0.1) is 5.02 Å². The lowest BCUT2D eigenvalue weighted by atomic mass is 9.99. The van der Waals surface area contributed by atoms with Crippen LogP contribution in [0, 0.1) is 0 Å². The van der Waals surface area contributed by atoms with Crippen molar-refractivity contribution < 1.29 is 9.59 Å². The van der Waals surface area contributed by atoms with Crippen molar-refractivity contribution in [1.29, 1.82) is 0 Å². The molecule has 2 nitrogen and oxygen atoms in total. The largest absolute Gasteiger partial charge is 0.298 e. The highest BCUT2D eigenvalue weighted by molar-refractivity contribution is 6.41. The van der Waals surface area contributed by atoms with Crippen LogP contribution in [0.5, 0.6) is 0 Å². The van der Waals surface area contributed by atoms with Gasteiger partial charge in [0.15, 0.2) is 6.29 Å². The minimum absolute atomic E-state index is 0.569. The monoisotopic (exact) mass is 268 g/mol. The number of hydrogen-bond donors (Lipinski definition) is 0. The lowest BCUT2D eigenvalue weighted by Crippen LogP contribution is -1.87. The molecule has 0 aliphatic rings. The van der Waals surface area contributed by atoms with Crippen molar-refractivity contribution in [2.45, 2.75) is 0 Å². The maximum atomic E-state index is 11.1. The van der Waals surface area contributed by atoms with Crippen LogP contribution in [0.2, 0.25) is 5.02 Å². The number of fused-ring (bicyclic) bond motifs is 2. The SMILES string of the molecule is O=Cc1ccc2cc3c(C=O)cccc3c(Cl)c2c1. The Morgan fingerprint density at radius 2 is 1.68 bits per heavy atom. The summed E-state index contributed by atoms with van der Waals surface area (Å²) in [7, 11) is 0. The second kappa shape index (κ2) is 4.48. The van der Waals surface area contributed by atoms with Gasteiger partial charge in [-0.1, -0.05) is 41.9 Å². The molecule has 3 aromatic rings. The van der Waals surface area contributed by atoms with Gasteiger partial charge in [-0.25, -0.2) is 0 Å². The quantitative estimate of drug-likeness (QED) is 0.514. The molecule has 0 N–H and O–H groups in total. The van der Waals surface area contributed by atoms with E-state index in [1.165, 1.54) is 0 Å². The maximum Gasteiger partial charge on any atom is 0.150 e. The van der Waals surface area contributed by atoms with E-state index in [1.807, 2.05) is 18.2 Å². The average molecular weight is 269 g/mol. The zero-order valence-corrected chi connectivity index (χ0v) is 10.6. The standard InChI is InChI=1S/C16H9ClO2/c17-16-13-3-1-2-12(9-19)14(13)7-11-5-4-10(8-18)6-15(11)16/h1-9H. The third-order valence-electron chi connectivity index (χ3n) is 3.25. The van der Waals surface area contributed by atoms with Crippen LogP contribution in [0.3, 0.4) is 0 Å². The molecule has 3 aromatic carbocycles. The highest BCUT2D eigenvalue weighted by atomic mass is 35.5. The van der Waals surface area contributed by atoms with Crippen molar-refractivity contribution >= 4 is 45.7 Å². The van der Waals surface area contributed by atoms with Crippen molar-refractivity contribution in [2.75, 3.05) is 0 Å². The molecule has 0 aliphatic carbocycles. The lowest BCUT2D eigenvalue weighted by molar-refractivity contribution is 0.111. The summed E-state index contributed by atoms with van der Waals surface area (Å²) in [6, 6.07) is 12.7. The van der Waals surface area contributed by atoms with Gasteiger partial charge < -0.3 is 0 Å². The fourth-order valence-corrected chi connectivity index (χ4v) is 2.63. The van der Waals surface area contributed by atoms with Crippen LogP contribution in [0.4, 0.5) is 0 Å². The Hall–Kier alpha value is -2.19. The fourth-order valence-electron chi connectivity index (χ4n) is 2.30. The summed E-state index contributed by atoms with van der Waals surface area (Å²) < 4.78 is 0.